The summed E-state index contributed by atoms with van der Waals surface area (Å²) in [6, 6.07) is 14.0. The Kier molecular flexibility index (Phi) is 8.36. The Bertz CT molecular complexity index is 920. The number of guanidine groups is 1. The molecule has 1 aliphatic rings. The Balaban J connectivity index is 1.53. The summed E-state index contributed by atoms with van der Waals surface area (Å²) in [5.41, 5.74) is 3.49. The van der Waals surface area contributed by atoms with Crippen LogP contribution in [-0.4, -0.2) is 44.1 Å². The lowest BCUT2D eigenvalue weighted by molar-refractivity contribution is -0.131. The van der Waals surface area contributed by atoms with Crippen LogP contribution in [0.3, 0.4) is 0 Å². The van der Waals surface area contributed by atoms with Crippen LogP contribution in [-0.2, 0) is 17.9 Å². The maximum Gasteiger partial charge on any atom is 0.223 e. The quantitative estimate of drug-likeness (QED) is 0.355. The van der Waals surface area contributed by atoms with Crippen molar-refractivity contribution in [3.8, 4) is 11.5 Å². The number of nitrogens with zero attached hydrogens (tertiary/aromatic N) is 2. The van der Waals surface area contributed by atoms with Crippen LogP contribution in [0.5, 0.6) is 11.5 Å². The van der Waals surface area contributed by atoms with Gasteiger partial charge in [0, 0.05) is 38.2 Å². The van der Waals surface area contributed by atoms with Gasteiger partial charge in [0.2, 0.25) is 5.91 Å². The first-order chi connectivity index (χ1) is 15.5. The Morgan fingerprint density at radius 3 is 2.47 bits per heavy atom. The molecule has 3 rings (SSSR count). The second-order valence-corrected chi connectivity index (χ2v) is 7.86. The monoisotopic (exact) mass is 438 g/mol. The van der Waals surface area contributed by atoms with Crippen LogP contribution >= 0.6 is 0 Å². The molecule has 1 unspecified atom stereocenters. The van der Waals surface area contributed by atoms with Crippen molar-refractivity contribution >= 4 is 11.9 Å². The zero-order chi connectivity index (χ0) is 22.9. The zero-order valence-electron chi connectivity index (χ0n) is 19.5. The van der Waals surface area contributed by atoms with Gasteiger partial charge in [-0.3, -0.25) is 9.79 Å². The summed E-state index contributed by atoms with van der Waals surface area (Å²) in [6.45, 7) is 6.83. The van der Waals surface area contributed by atoms with Gasteiger partial charge in [-0.25, -0.2) is 0 Å². The third kappa shape index (κ3) is 5.93. The van der Waals surface area contributed by atoms with Gasteiger partial charge in [0.05, 0.1) is 20.3 Å². The molecule has 0 radical (unpaired) electrons. The summed E-state index contributed by atoms with van der Waals surface area (Å²) >= 11 is 0. The SMILES string of the molecule is CCNC(=NCCCC(=O)N1Cc2ccccc2C1)NC(C)c1cc(OC)ccc1OC. The molecule has 1 heterocycles. The summed E-state index contributed by atoms with van der Waals surface area (Å²) in [7, 11) is 3.31. The minimum Gasteiger partial charge on any atom is -0.497 e. The lowest BCUT2D eigenvalue weighted by Crippen LogP contribution is -2.39. The van der Waals surface area contributed by atoms with Gasteiger partial charge in [-0.1, -0.05) is 24.3 Å². The molecule has 0 bridgehead atoms. The number of benzene rings is 2. The topological polar surface area (TPSA) is 75.2 Å². The van der Waals surface area contributed by atoms with Crippen molar-refractivity contribution in [2.24, 2.45) is 4.99 Å². The van der Waals surface area contributed by atoms with E-state index >= 15 is 0 Å². The highest BCUT2D eigenvalue weighted by molar-refractivity contribution is 5.80. The fourth-order valence-electron chi connectivity index (χ4n) is 3.87. The van der Waals surface area contributed by atoms with E-state index in [1.54, 1.807) is 14.2 Å². The van der Waals surface area contributed by atoms with E-state index in [1.165, 1.54) is 11.1 Å². The molecule has 0 fully saturated rings. The molecule has 32 heavy (non-hydrogen) atoms. The molecule has 7 heteroatoms. The molecule has 0 spiro atoms. The largest absolute Gasteiger partial charge is 0.497 e. The van der Waals surface area contributed by atoms with Gasteiger partial charge < -0.3 is 25.0 Å². The lowest BCUT2D eigenvalue weighted by atomic mass is 10.1. The number of carbonyl (C=O) groups is 1. The highest BCUT2D eigenvalue weighted by Crippen LogP contribution is 2.29. The first-order valence-electron chi connectivity index (χ1n) is 11.2. The van der Waals surface area contributed by atoms with Gasteiger partial charge in [-0.2, -0.15) is 0 Å². The highest BCUT2D eigenvalue weighted by Gasteiger charge is 2.22. The Morgan fingerprint density at radius 1 is 1.12 bits per heavy atom. The van der Waals surface area contributed by atoms with Crippen molar-refractivity contribution < 1.29 is 14.3 Å². The summed E-state index contributed by atoms with van der Waals surface area (Å²) in [5, 5.41) is 6.70. The first-order valence-corrected chi connectivity index (χ1v) is 11.2. The maximum atomic E-state index is 12.6. The third-order valence-electron chi connectivity index (χ3n) is 5.61. The van der Waals surface area contributed by atoms with E-state index in [-0.39, 0.29) is 11.9 Å². The molecule has 1 atom stereocenters. The average Bonchev–Trinajstić information content (AvgIpc) is 3.25. The number of hydrogen-bond donors (Lipinski definition) is 2. The van der Waals surface area contributed by atoms with Crippen LogP contribution in [0.25, 0.3) is 0 Å². The van der Waals surface area contributed by atoms with Crippen molar-refractivity contribution in [1.82, 2.24) is 15.5 Å². The van der Waals surface area contributed by atoms with Crippen molar-refractivity contribution in [3.63, 3.8) is 0 Å². The molecule has 7 nitrogen and oxygen atoms in total. The maximum absolute atomic E-state index is 12.6. The van der Waals surface area contributed by atoms with E-state index in [0.29, 0.717) is 38.4 Å². The van der Waals surface area contributed by atoms with E-state index < -0.39 is 0 Å². The Hall–Kier alpha value is -3.22. The van der Waals surface area contributed by atoms with E-state index in [2.05, 4.69) is 34.7 Å². The standard InChI is InChI=1S/C25H34N4O3/c1-5-26-25(28-18(2)22-15-21(31-3)12-13-23(22)32-4)27-14-8-11-24(30)29-16-19-9-6-7-10-20(19)17-29/h6-7,9-10,12-13,15,18H,5,8,11,14,16-17H2,1-4H3,(H2,26,27,28). The van der Waals surface area contributed by atoms with Crippen LogP contribution in [0.1, 0.15) is 49.4 Å². The van der Waals surface area contributed by atoms with Gasteiger partial charge in [0.25, 0.3) is 0 Å². The van der Waals surface area contributed by atoms with Crippen molar-refractivity contribution in [2.45, 2.75) is 45.8 Å². The molecule has 0 aliphatic carbocycles. The Labute approximate surface area is 190 Å². The third-order valence-corrected chi connectivity index (χ3v) is 5.61. The summed E-state index contributed by atoms with van der Waals surface area (Å²) in [5.74, 6) is 2.47. The highest BCUT2D eigenvalue weighted by atomic mass is 16.5. The zero-order valence-corrected chi connectivity index (χ0v) is 19.5. The number of aliphatic imine (C=N–C) groups is 1. The summed E-state index contributed by atoms with van der Waals surface area (Å²) < 4.78 is 10.9. The molecule has 0 aromatic heterocycles. The average molecular weight is 439 g/mol. The first kappa shape index (κ1) is 23.4. The van der Waals surface area contributed by atoms with Gasteiger partial charge in [-0.05, 0) is 49.6 Å². The second-order valence-electron chi connectivity index (χ2n) is 7.86. The fourth-order valence-corrected chi connectivity index (χ4v) is 3.87. The van der Waals surface area contributed by atoms with Gasteiger partial charge in [0.1, 0.15) is 11.5 Å². The lowest BCUT2D eigenvalue weighted by Gasteiger charge is -2.21. The minimum absolute atomic E-state index is 0.0393. The van der Waals surface area contributed by atoms with Crippen molar-refractivity contribution in [1.29, 1.82) is 0 Å². The van der Waals surface area contributed by atoms with Gasteiger partial charge in [-0.15, -0.1) is 0 Å². The summed E-state index contributed by atoms with van der Waals surface area (Å²) in [4.78, 5) is 19.2. The van der Waals surface area contributed by atoms with Gasteiger partial charge >= 0.3 is 0 Å². The number of fused-ring (bicyclic) bond motifs is 1. The molecule has 1 amide bonds. The molecule has 0 saturated heterocycles. The van der Waals surface area contributed by atoms with Gasteiger partial charge in [0.15, 0.2) is 5.96 Å². The van der Waals surface area contributed by atoms with E-state index in [9.17, 15) is 4.79 Å². The molecule has 1 aliphatic heterocycles. The molecule has 2 aromatic rings. The van der Waals surface area contributed by atoms with E-state index in [1.807, 2.05) is 42.2 Å². The fraction of sp³-hybridized carbons (Fsp3) is 0.440. The van der Waals surface area contributed by atoms with Crippen molar-refractivity contribution in [2.75, 3.05) is 27.3 Å². The minimum atomic E-state index is -0.0393. The number of amides is 1. The molecule has 172 valence electrons. The van der Waals surface area contributed by atoms with E-state index in [0.717, 1.165) is 23.6 Å². The predicted molar refractivity (Wildman–Crippen MR) is 127 cm³/mol. The Morgan fingerprint density at radius 2 is 1.84 bits per heavy atom. The number of rotatable bonds is 9. The number of carbonyl (C=O) groups excluding carboxylic acids is 1. The summed E-state index contributed by atoms with van der Waals surface area (Å²) in [6.07, 6.45) is 1.20. The number of ether oxygens (including phenoxy) is 2. The van der Waals surface area contributed by atoms with Crippen LogP contribution in [0.15, 0.2) is 47.5 Å². The van der Waals surface area contributed by atoms with Crippen molar-refractivity contribution in [3.05, 3.63) is 59.2 Å². The molecular formula is C25H34N4O3. The number of methoxy groups -OCH3 is 2. The van der Waals surface area contributed by atoms with Crippen LogP contribution in [0.2, 0.25) is 0 Å². The predicted octanol–water partition coefficient (Wildman–Crippen LogP) is 3.64. The number of nitrogens with one attached hydrogen (secondary N) is 2. The second kappa shape index (κ2) is 11.4. The van der Waals surface area contributed by atoms with E-state index in [4.69, 9.17) is 9.47 Å². The molecule has 2 N–H and O–H groups in total. The van der Waals surface area contributed by atoms with Crippen LogP contribution in [0.4, 0.5) is 0 Å². The van der Waals surface area contributed by atoms with Crippen LogP contribution in [0, 0.1) is 0 Å². The number of hydrogen-bond acceptors (Lipinski definition) is 4. The smallest absolute Gasteiger partial charge is 0.223 e. The molecule has 2 aromatic carbocycles. The molecular weight excluding hydrogens is 404 g/mol. The van der Waals surface area contributed by atoms with Crippen LogP contribution < -0.4 is 20.1 Å². The molecule has 0 saturated carbocycles. The normalized spacial score (nSPS) is 14.0.